The largest absolute Gasteiger partial charge is 0.493 e. The van der Waals surface area contributed by atoms with E-state index in [0.29, 0.717) is 41.6 Å². The molecular formula is C27H37N3O6S. The van der Waals surface area contributed by atoms with Crippen molar-refractivity contribution in [1.82, 2.24) is 4.31 Å². The summed E-state index contributed by atoms with van der Waals surface area (Å²) >= 11 is 0. The molecule has 1 N–H and O–H groups in total. The highest BCUT2D eigenvalue weighted by Crippen LogP contribution is 2.38. The summed E-state index contributed by atoms with van der Waals surface area (Å²) in [6, 6.07) is 8.45. The lowest BCUT2D eigenvalue weighted by Crippen LogP contribution is -2.32. The van der Waals surface area contributed by atoms with Gasteiger partial charge >= 0.3 is 0 Å². The van der Waals surface area contributed by atoms with Crippen LogP contribution in [0.5, 0.6) is 17.2 Å². The Bertz CT molecular complexity index is 1190. The highest BCUT2D eigenvalue weighted by Gasteiger charge is 2.24. The van der Waals surface area contributed by atoms with Gasteiger partial charge in [-0.15, -0.1) is 0 Å². The second kappa shape index (κ2) is 12.8. The summed E-state index contributed by atoms with van der Waals surface area (Å²) in [4.78, 5) is 15.3. The third-order valence-electron chi connectivity index (χ3n) is 6.38. The third-order valence-corrected chi connectivity index (χ3v) is 8.43. The predicted octanol–water partition coefficient (Wildman–Crippen LogP) is 4.39. The summed E-state index contributed by atoms with van der Waals surface area (Å²) in [5.41, 5.74) is 1.96. The van der Waals surface area contributed by atoms with Crippen molar-refractivity contribution in [2.24, 2.45) is 0 Å². The van der Waals surface area contributed by atoms with Crippen LogP contribution >= 0.6 is 0 Å². The van der Waals surface area contributed by atoms with Gasteiger partial charge in [-0.25, -0.2) is 8.42 Å². The second-order valence-corrected chi connectivity index (χ2v) is 10.5. The van der Waals surface area contributed by atoms with Crippen molar-refractivity contribution in [3.05, 3.63) is 42.0 Å². The van der Waals surface area contributed by atoms with Crippen LogP contribution < -0.4 is 24.4 Å². The fourth-order valence-electron chi connectivity index (χ4n) is 4.44. The summed E-state index contributed by atoms with van der Waals surface area (Å²) in [5.74, 6) is 1.03. The monoisotopic (exact) mass is 531 g/mol. The first kappa shape index (κ1) is 28.3. The molecule has 0 spiro atoms. The Labute approximate surface area is 220 Å². The number of carbonyl (C=O) groups excluding carboxylic acids is 1. The Morgan fingerprint density at radius 2 is 1.59 bits per heavy atom. The molecule has 202 valence electrons. The number of nitrogens with zero attached hydrogens (tertiary/aromatic N) is 2. The minimum absolute atomic E-state index is 0.154. The molecule has 0 bridgehead atoms. The van der Waals surface area contributed by atoms with Gasteiger partial charge in [0.05, 0.1) is 37.6 Å². The molecule has 0 saturated carbocycles. The standard InChI is InChI=1S/C27H37N3O6S/c1-6-30(7-2)37(32,33)21-12-13-23(29-15-9-8-10-16-29)22(19-21)28-26(31)14-11-20-17-24(34-3)27(36-5)25(18-20)35-4/h11-14,17-19H,6-10,15-16H2,1-5H3,(H,28,31). The maximum atomic E-state index is 13.2. The van der Waals surface area contributed by atoms with E-state index in [9.17, 15) is 13.2 Å². The molecule has 9 nitrogen and oxygen atoms in total. The fourth-order valence-corrected chi connectivity index (χ4v) is 5.93. The van der Waals surface area contributed by atoms with Gasteiger partial charge < -0.3 is 24.4 Å². The number of hydrogen-bond donors (Lipinski definition) is 1. The lowest BCUT2D eigenvalue weighted by Gasteiger charge is -2.31. The average molecular weight is 532 g/mol. The molecule has 3 rings (SSSR count). The molecule has 0 aliphatic carbocycles. The van der Waals surface area contributed by atoms with E-state index in [1.54, 1.807) is 50.3 Å². The summed E-state index contributed by atoms with van der Waals surface area (Å²) in [5, 5.41) is 2.91. The van der Waals surface area contributed by atoms with E-state index in [0.717, 1.165) is 38.0 Å². The van der Waals surface area contributed by atoms with Gasteiger partial charge in [-0.05, 0) is 61.2 Å². The first-order valence-electron chi connectivity index (χ1n) is 12.5. The molecule has 0 radical (unpaired) electrons. The van der Waals surface area contributed by atoms with Crippen LogP contribution in [0.3, 0.4) is 0 Å². The van der Waals surface area contributed by atoms with E-state index in [4.69, 9.17) is 14.2 Å². The Kier molecular flexibility index (Phi) is 9.82. The number of methoxy groups -OCH3 is 3. The van der Waals surface area contributed by atoms with Crippen LogP contribution in [0.15, 0.2) is 41.3 Å². The van der Waals surface area contributed by atoms with Crippen LogP contribution in [0, 0.1) is 0 Å². The SMILES string of the molecule is CCN(CC)S(=O)(=O)c1ccc(N2CCCCC2)c(NC(=O)C=Cc2cc(OC)c(OC)c(OC)c2)c1. The minimum Gasteiger partial charge on any atom is -0.493 e. The number of hydrogen-bond acceptors (Lipinski definition) is 7. The maximum absolute atomic E-state index is 13.2. The number of benzene rings is 2. The number of nitrogens with one attached hydrogen (secondary N) is 1. The zero-order chi connectivity index (χ0) is 27.0. The van der Waals surface area contributed by atoms with Crippen molar-refractivity contribution >= 4 is 33.4 Å². The number of piperidine rings is 1. The van der Waals surface area contributed by atoms with Crippen LogP contribution in [0.4, 0.5) is 11.4 Å². The van der Waals surface area contributed by atoms with E-state index < -0.39 is 10.0 Å². The highest BCUT2D eigenvalue weighted by molar-refractivity contribution is 7.89. The summed E-state index contributed by atoms with van der Waals surface area (Å²) in [6.45, 7) is 6.05. The number of anilines is 2. The fraction of sp³-hybridized carbons (Fsp3) is 0.444. The lowest BCUT2D eigenvalue weighted by molar-refractivity contribution is -0.111. The number of rotatable bonds is 11. The average Bonchev–Trinajstić information content (AvgIpc) is 2.92. The van der Waals surface area contributed by atoms with Gasteiger partial charge in [0.25, 0.3) is 0 Å². The van der Waals surface area contributed by atoms with Crippen LogP contribution in [0.1, 0.15) is 38.7 Å². The molecule has 1 aliphatic rings. The molecule has 0 unspecified atom stereocenters. The summed E-state index contributed by atoms with van der Waals surface area (Å²) in [7, 11) is 0.900. The van der Waals surface area contributed by atoms with E-state index >= 15 is 0 Å². The van der Waals surface area contributed by atoms with Gasteiger partial charge in [-0.3, -0.25) is 4.79 Å². The van der Waals surface area contributed by atoms with Crippen molar-refractivity contribution in [3.63, 3.8) is 0 Å². The second-order valence-electron chi connectivity index (χ2n) is 8.60. The Morgan fingerprint density at radius 3 is 2.14 bits per heavy atom. The van der Waals surface area contributed by atoms with Crippen molar-refractivity contribution < 1.29 is 27.4 Å². The molecule has 1 saturated heterocycles. The van der Waals surface area contributed by atoms with Crippen molar-refractivity contribution in [2.75, 3.05) is 57.7 Å². The number of sulfonamides is 1. The van der Waals surface area contributed by atoms with E-state index in [1.165, 1.54) is 31.7 Å². The quantitative estimate of drug-likeness (QED) is 0.430. The topological polar surface area (TPSA) is 97.4 Å². The molecule has 1 aliphatic heterocycles. The van der Waals surface area contributed by atoms with Crippen LogP contribution in [0.2, 0.25) is 0 Å². The molecule has 1 heterocycles. The number of amides is 1. The normalized spacial score (nSPS) is 14.2. The van der Waals surface area contributed by atoms with Gasteiger partial charge in [0, 0.05) is 32.3 Å². The Balaban J connectivity index is 1.93. The molecule has 0 aromatic heterocycles. The molecule has 37 heavy (non-hydrogen) atoms. The molecule has 2 aromatic rings. The van der Waals surface area contributed by atoms with E-state index in [-0.39, 0.29) is 10.8 Å². The molecule has 10 heteroatoms. The Morgan fingerprint density at radius 1 is 0.973 bits per heavy atom. The van der Waals surface area contributed by atoms with Gasteiger partial charge in [0.2, 0.25) is 21.7 Å². The minimum atomic E-state index is -3.68. The highest BCUT2D eigenvalue weighted by atomic mass is 32.2. The first-order valence-corrected chi connectivity index (χ1v) is 13.9. The zero-order valence-corrected chi connectivity index (χ0v) is 23.1. The lowest BCUT2D eigenvalue weighted by atomic mass is 10.1. The van der Waals surface area contributed by atoms with Gasteiger partial charge in [0.15, 0.2) is 11.5 Å². The zero-order valence-electron chi connectivity index (χ0n) is 22.2. The van der Waals surface area contributed by atoms with Crippen LogP contribution in [0.25, 0.3) is 6.08 Å². The maximum Gasteiger partial charge on any atom is 0.248 e. The Hall–Kier alpha value is -3.24. The number of carbonyl (C=O) groups is 1. The molecule has 1 amide bonds. The van der Waals surface area contributed by atoms with Crippen LogP contribution in [-0.4, -0.2) is 66.1 Å². The number of ether oxygens (including phenoxy) is 3. The molecular weight excluding hydrogens is 494 g/mol. The van der Waals surface area contributed by atoms with Crippen molar-refractivity contribution in [2.45, 2.75) is 38.0 Å². The van der Waals surface area contributed by atoms with Gasteiger partial charge in [-0.2, -0.15) is 4.31 Å². The predicted molar refractivity (Wildman–Crippen MR) is 146 cm³/mol. The summed E-state index contributed by atoms with van der Waals surface area (Å²) < 4.78 is 43.8. The van der Waals surface area contributed by atoms with Gasteiger partial charge in [0.1, 0.15) is 0 Å². The molecule has 1 fully saturated rings. The van der Waals surface area contributed by atoms with Crippen molar-refractivity contribution in [1.29, 1.82) is 0 Å². The van der Waals surface area contributed by atoms with Crippen molar-refractivity contribution in [3.8, 4) is 17.2 Å². The van der Waals surface area contributed by atoms with Crippen LogP contribution in [-0.2, 0) is 14.8 Å². The first-order chi connectivity index (χ1) is 17.8. The van der Waals surface area contributed by atoms with E-state index in [1.807, 2.05) is 0 Å². The molecule has 2 aromatic carbocycles. The third kappa shape index (κ3) is 6.56. The van der Waals surface area contributed by atoms with E-state index in [2.05, 4.69) is 10.2 Å². The summed E-state index contributed by atoms with van der Waals surface area (Å²) in [6.07, 6.45) is 6.29. The smallest absolute Gasteiger partial charge is 0.248 e. The molecule has 0 atom stereocenters. The van der Waals surface area contributed by atoms with Gasteiger partial charge in [-0.1, -0.05) is 13.8 Å².